The molecule has 0 atom stereocenters. The Kier molecular flexibility index (Phi) is 7.83. The third-order valence-electron chi connectivity index (χ3n) is 4.41. The summed E-state index contributed by atoms with van der Waals surface area (Å²) in [6, 6.07) is 13.5. The van der Waals surface area contributed by atoms with E-state index in [-0.39, 0.29) is 11.8 Å². The first-order valence-electron chi connectivity index (χ1n) is 9.84. The maximum absolute atomic E-state index is 12.5. The van der Waals surface area contributed by atoms with E-state index < -0.39 is 0 Å². The van der Waals surface area contributed by atoms with Crippen molar-refractivity contribution in [2.24, 2.45) is 0 Å². The van der Waals surface area contributed by atoms with E-state index in [9.17, 15) is 9.59 Å². The molecule has 0 bridgehead atoms. The Bertz CT molecular complexity index is 908. The second-order valence-corrected chi connectivity index (χ2v) is 9.22. The van der Waals surface area contributed by atoms with Gasteiger partial charge in [0.25, 0.3) is 11.8 Å². The zero-order valence-electron chi connectivity index (χ0n) is 16.8. The molecule has 1 aliphatic rings. The molecule has 2 amide bonds. The van der Waals surface area contributed by atoms with E-state index in [1.54, 1.807) is 6.07 Å². The average molecular weight is 427 g/mol. The van der Waals surface area contributed by atoms with Crippen LogP contribution >= 0.6 is 23.5 Å². The van der Waals surface area contributed by atoms with Crippen molar-refractivity contribution in [1.82, 2.24) is 5.32 Å². The number of fused-ring (bicyclic) bond motifs is 1. The highest BCUT2D eigenvalue weighted by Crippen LogP contribution is 2.39. The third kappa shape index (κ3) is 6.15. The normalized spacial score (nSPS) is 14.4. The minimum absolute atomic E-state index is 0.103. The Labute approximate surface area is 180 Å². The molecule has 0 spiro atoms. The number of aryl methyl sites for hydroxylation is 1. The van der Waals surface area contributed by atoms with Crippen molar-refractivity contribution in [2.45, 2.75) is 31.6 Å². The second kappa shape index (κ2) is 10.6. The van der Waals surface area contributed by atoms with Gasteiger partial charge in [-0.2, -0.15) is 11.8 Å². The Morgan fingerprint density at radius 1 is 1.17 bits per heavy atom. The van der Waals surface area contributed by atoms with Crippen LogP contribution in [-0.4, -0.2) is 29.9 Å². The molecule has 2 N–H and O–H groups in total. The van der Waals surface area contributed by atoms with Gasteiger partial charge in [0.05, 0.1) is 10.6 Å². The molecule has 152 valence electrons. The zero-order valence-corrected chi connectivity index (χ0v) is 18.4. The number of hydrogen-bond donors (Lipinski definition) is 2. The van der Waals surface area contributed by atoms with Gasteiger partial charge in [0, 0.05) is 17.0 Å². The first-order chi connectivity index (χ1) is 14.1. The molecule has 1 heterocycles. The summed E-state index contributed by atoms with van der Waals surface area (Å²) >= 11 is 3.34. The van der Waals surface area contributed by atoms with E-state index >= 15 is 0 Å². The molecule has 0 unspecified atom stereocenters. The maximum Gasteiger partial charge on any atom is 0.262 e. The minimum Gasteiger partial charge on any atom is -0.352 e. The fraction of sp³-hybridized carbons (Fsp3) is 0.304. The molecule has 2 aromatic rings. The van der Waals surface area contributed by atoms with Crippen molar-refractivity contribution in [3.63, 3.8) is 0 Å². The summed E-state index contributed by atoms with van der Waals surface area (Å²) in [5, 5.41) is 5.87. The van der Waals surface area contributed by atoms with Gasteiger partial charge in [-0.25, -0.2) is 0 Å². The predicted octanol–water partition coefficient (Wildman–Crippen LogP) is 5.34. The van der Waals surface area contributed by atoms with Crippen molar-refractivity contribution >= 4 is 47.1 Å². The summed E-state index contributed by atoms with van der Waals surface area (Å²) in [4.78, 5) is 26.5. The van der Waals surface area contributed by atoms with Crippen LogP contribution in [0.15, 0.2) is 52.3 Å². The van der Waals surface area contributed by atoms with E-state index in [2.05, 4.69) is 17.6 Å². The van der Waals surface area contributed by atoms with Crippen molar-refractivity contribution in [3.8, 4) is 0 Å². The summed E-state index contributed by atoms with van der Waals surface area (Å²) in [6.07, 6.45) is 4.03. The van der Waals surface area contributed by atoms with E-state index in [1.165, 1.54) is 23.7 Å². The van der Waals surface area contributed by atoms with Gasteiger partial charge in [0.1, 0.15) is 0 Å². The molecule has 2 aromatic carbocycles. The van der Waals surface area contributed by atoms with E-state index in [0.29, 0.717) is 22.7 Å². The number of benzene rings is 2. The number of hydrogen-bond acceptors (Lipinski definition) is 4. The fourth-order valence-corrected chi connectivity index (χ4v) is 4.61. The van der Waals surface area contributed by atoms with Crippen LogP contribution in [0.5, 0.6) is 0 Å². The van der Waals surface area contributed by atoms with Crippen molar-refractivity contribution in [1.29, 1.82) is 0 Å². The lowest BCUT2D eigenvalue weighted by molar-refractivity contribution is -0.112. The molecule has 6 heteroatoms. The van der Waals surface area contributed by atoms with Gasteiger partial charge in [-0.05, 0) is 61.1 Å². The predicted molar refractivity (Wildman–Crippen MR) is 125 cm³/mol. The lowest BCUT2D eigenvalue weighted by atomic mass is 10.1. The van der Waals surface area contributed by atoms with E-state index in [0.717, 1.165) is 28.4 Å². The molecule has 0 aromatic heterocycles. The first-order valence-corrected chi connectivity index (χ1v) is 11.8. The van der Waals surface area contributed by atoms with Gasteiger partial charge in [-0.1, -0.05) is 48.5 Å². The van der Waals surface area contributed by atoms with Gasteiger partial charge in [0.15, 0.2) is 0 Å². The van der Waals surface area contributed by atoms with Crippen molar-refractivity contribution in [2.75, 3.05) is 23.4 Å². The molecule has 3 rings (SSSR count). The Balaban J connectivity index is 1.62. The molecule has 4 nitrogen and oxygen atoms in total. The van der Waals surface area contributed by atoms with Gasteiger partial charge in [-0.15, -0.1) is 0 Å². The van der Waals surface area contributed by atoms with Crippen LogP contribution in [-0.2, 0) is 4.79 Å². The highest BCUT2D eigenvalue weighted by molar-refractivity contribution is 8.04. The lowest BCUT2D eigenvalue weighted by Gasteiger charge is -2.19. The highest BCUT2D eigenvalue weighted by atomic mass is 32.2. The maximum atomic E-state index is 12.5. The molecule has 0 fully saturated rings. The average Bonchev–Trinajstić information content (AvgIpc) is 2.72. The Morgan fingerprint density at radius 2 is 1.97 bits per heavy atom. The van der Waals surface area contributed by atoms with Gasteiger partial charge in [-0.3, -0.25) is 9.59 Å². The quantitative estimate of drug-likeness (QED) is 0.442. The minimum atomic E-state index is -0.145. The summed E-state index contributed by atoms with van der Waals surface area (Å²) < 4.78 is 0. The zero-order chi connectivity index (χ0) is 20.6. The van der Waals surface area contributed by atoms with Crippen LogP contribution in [0.25, 0.3) is 6.08 Å². The van der Waals surface area contributed by atoms with Crippen LogP contribution < -0.4 is 10.6 Å². The summed E-state index contributed by atoms with van der Waals surface area (Å²) in [5.74, 6) is 1.97. The van der Waals surface area contributed by atoms with Gasteiger partial charge >= 0.3 is 0 Å². The number of nitrogens with one attached hydrogen (secondary N) is 2. The summed E-state index contributed by atoms with van der Waals surface area (Å²) in [6.45, 7) is 4.87. The number of rotatable bonds is 8. The number of carbonyl (C=O) groups excluding carboxylic acids is 2. The van der Waals surface area contributed by atoms with Gasteiger partial charge in [0.2, 0.25) is 0 Å². The molecular weight excluding hydrogens is 400 g/mol. The number of amides is 2. The molecule has 0 saturated carbocycles. The summed E-state index contributed by atoms with van der Waals surface area (Å²) in [7, 11) is 0. The fourth-order valence-electron chi connectivity index (χ4n) is 2.84. The highest BCUT2D eigenvalue weighted by Gasteiger charge is 2.22. The van der Waals surface area contributed by atoms with E-state index in [4.69, 9.17) is 0 Å². The topological polar surface area (TPSA) is 58.2 Å². The molecule has 1 aliphatic heterocycles. The lowest BCUT2D eigenvalue weighted by Crippen LogP contribution is -2.25. The van der Waals surface area contributed by atoms with Gasteiger partial charge < -0.3 is 10.6 Å². The molecule has 0 saturated heterocycles. The molecular formula is C23H26N2O2S2. The van der Waals surface area contributed by atoms with Crippen molar-refractivity contribution < 1.29 is 9.59 Å². The summed E-state index contributed by atoms with van der Waals surface area (Å²) in [5.41, 5.74) is 3.43. The largest absolute Gasteiger partial charge is 0.352 e. The first kappa shape index (κ1) is 21.5. The molecule has 0 radical (unpaired) electrons. The SMILES string of the molecule is CCCSCCCNC(=O)c1ccc2c(c1)NC(=O)C(=Cc1ccc(C)cc1)S2. The van der Waals surface area contributed by atoms with Crippen LogP contribution in [0.2, 0.25) is 0 Å². The molecule has 29 heavy (non-hydrogen) atoms. The van der Waals surface area contributed by atoms with Crippen LogP contribution in [0.1, 0.15) is 41.3 Å². The molecule has 0 aliphatic carbocycles. The van der Waals surface area contributed by atoms with Crippen LogP contribution in [0.3, 0.4) is 0 Å². The van der Waals surface area contributed by atoms with Crippen molar-refractivity contribution in [3.05, 3.63) is 64.1 Å². The number of thioether (sulfide) groups is 2. The third-order valence-corrected chi connectivity index (χ3v) is 6.78. The second-order valence-electron chi connectivity index (χ2n) is 6.91. The number of carbonyl (C=O) groups is 2. The smallest absolute Gasteiger partial charge is 0.262 e. The van der Waals surface area contributed by atoms with Crippen LogP contribution in [0, 0.1) is 6.92 Å². The Hall–Kier alpha value is -2.18. The van der Waals surface area contributed by atoms with Crippen LogP contribution in [0.4, 0.5) is 5.69 Å². The standard InChI is InChI=1S/C23H26N2O2S2/c1-3-12-28-13-4-11-24-22(26)18-9-10-20-19(15-18)25-23(27)21(29-20)14-17-7-5-16(2)6-8-17/h5-10,14-15H,3-4,11-13H2,1-2H3,(H,24,26)(H,25,27). The Morgan fingerprint density at radius 3 is 2.72 bits per heavy atom. The van der Waals surface area contributed by atoms with E-state index in [1.807, 2.05) is 61.2 Å². The number of anilines is 1. The monoisotopic (exact) mass is 426 g/mol.